The van der Waals surface area contributed by atoms with Gasteiger partial charge in [-0.1, -0.05) is 46.0 Å². The summed E-state index contributed by atoms with van der Waals surface area (Å²) < 4.78 is 41.4. The summed E-state index contributed by atoms with van der Waals surface area (Å²) in [5.41, 5.74) is 4.71. The van der Waals surface area contributed by atoms with Gasteiger partial charge in [0.2, 0.25) is 0 Å². The number of alkyl halides is 3. The highest BCUT2D eigenvalue weighted by Crippen LogP contribution is 2.40. The van der Waals surface area contributed by atoms with E-state index in [9.17, 15) is 13.2 Å². The molecule has 0 spiro atoms. The van der Waals surface area contributed by atoms with Crippen LogP contribution in [0.25, 0.3) is 0 Å². The molecule has 4 rings (SSSR count). The Morgan fingerprint density at radius 1 is 1.15 bits per heavy atom. The molecule has 3 aromatic rings. The summed E-state index contributed by atoms with van der Waals surface area (Å²) in [6, 6.07) is 7.84. The first-order valence-corrected chi connectivity index (χ1v) is 11.1. The minimum Gasteiger partial charge on any atom is -0.385 e. The highest BCUT2D eigenvalue weighted by molar-refractivity contribution is 6.37. The molecule has 0 radical (unpaired) electrons. The van der Waals surface area contributed by atoms with Gasteiger partial charge in [-0.25, -0.2) is 0 Å². The van der Waals surface area contributed by atoms with E-state index < -0.39 is 11.7 Å². The first kappa shape index (κ1) is 23.1. The molecule has 174 valence electrons. The van der Waals surface area contributed by atoms with Crippen LogP contribution in [0.5, 0.6) is 0 Å². The average Bonchev–Trinajstić information content (AvgIpc) is 3.00. The molecule has 0 aliphatic carbocycles. The van der Waals surface area contributed by atoms with Crippen LogP contribution in [0.1, 0.15) is 52.3 Å². The zero-order valence-electron chi connectivity index (χ0n) is 19.6. The number of hydrogen-bond acceptors (Lipinski definition) is 5. The molecule has 1 aliphatic heterocycles. The summed E-state index contributed by atoms with van der Waals surface area (Å²) in [5.74, 6) is 0.463. The van der Waals surface area contributed by atoms with Gasteiger partial charge in [0.15, 0.2) is 0 Å². The van der Waals surface area contributed by atoms with E-state index >= 15 is 0 Å². The number of benzene rings is 2. The van der Waals surface area contributed by atoms with Crippen LogP contribution >= 0.6 is 0 Å². The van der Waals surface area contributed by atoms with E-state index in [-0.39, 0.29) is 17.1 Å². The van der Waals surface area contributed by atoms with Crippen molar-refractivity contribution in [2.24, 2.45) is 7.05 Å². The van der Waals surface area contributed by atoms with E-state index in [1.54, 1.807) is 21.0 Å². The van der Waals surface area contributed by atoms with Crippen LogP contribution in [-0.2, 0) is 19.8 Å². The minimum atomic E-state index is -4.40. The largest absolute Gasteiger partial charge is 0.416 e. The first-order valence-electron chi connectivity index (χ1n) is 11.1. The Kier molecular flexibility index (Phi) is 6.11. The van der Waals surface area contributed by atoms with Gasteiger partial charge >= 0.3 is 6.18 Å². The van der Waals surface area contributed by atoms with Crippen molar-refractivity contribution in [2.75, 3.05) is 16.8 Å². The number of nitrogens with zero attached hydrogens (tertiary/aromatic N) is 5. The molecule has 6 nitrogen and oxygen atoms in total. The standard InChI is InChI=1S/C23H28BF3N6/c1-13-8-14(2)10-16(9-13)12-33(22-29-31-32(4)30-22)18-6-5-7-28-21-17(18)11-15(3)19(20(21)24)23(25,26)27/h8-11,18,28H,5-7,12,24H2,1-4H3/t18-/m0/s1. The van der Waals surface area contributed by atoms with Crippen LogP contribution in [-0.4, -0.2) is 34.6 Å². The molecular weight excluding hydrogens is 428 g/mol. The lowest BCUT2D eigenvalue weighted by Crippen LogP contribution is -2.32. The van der Waals surface area contributed by atoms with Crippen LogP contribution in [0, 0.1) is 20.8 Å². The summed E-state index contributed by atoms with van der Waals surface area (Å²) >= 11 is 0. The molecule has 1 aliphatic rings. The molecule has 0 fully saturated rings. The second-order valence-corrected chi connectivity index (χ2v) is 8.94. The molecule has 33 heavy (non-hydrogen) atoms. The fourth-order valence-corrected chi connectivity index (χ4v) is 5.00. The summed E-state index contributed by atoms with van der Waals surface area (Å²) in [5, 5.41) is 16.0. The number of anilines is 2. The van der Waals surface area contributed by atoms with Crippen LogP contribution < -0.4 is 15.7 Å². The Balaban J connectivity index is 1.86. The lowest BCUT2D eigenvalue weighted by Gasteiger charge is -2.32. The molecule has 0 amide bonds. The number of nitrogens with one attached hydrogen (secondary N) is 1. The normalized spacial score (nSPS) is 16.2. The molecule has 10 heteroatoms. The van der Waals surface area contributed by atoms with E-state index in [1.807, 2.05) is 0 Å². The van der Waals surface area contributed by atoms with Crippen molar-refractivity contribution in [1.29, 1.82) is 0 Å². The van der Waals surface area contributed by atoms with Crippen molar-refractivity contribution in [3.63, 3.8) is 0 Å². The van der Waals surface area contributed by atoms with E-state index in [1.165, 1.54) is 11.7 Å². The third kappa shape index (κ3) is 4.70. The molecule has 1 atom stereocenters. The molecule has 0 saturated heterocycles. The Labute approximate surface area is 192 Å². The quantitative estimate of drug-likeness (QED) is 0.611. The van der Waals surface area contributed by atoms with Crippen molar-refractivity contribution >= 4 is 24.9 Å². The van der Waals surface area contributed by atoms with E-state index in [2.05, 4.69) is 57.7 Å². The SMILES string of the molecule is Bc1c2c(cc(C)c1C(F)(F)F)[C@@H](N(Cc1cc(C)cc(C)c1)c1nnn(C)n1)CCCN2. The highest BCUT2D eigenvalue weighted by Gasteiger charge is 2.37. The van der Waals surface area contributed by atoms with Crippen molar-refractivity contribution < 1.29 is 13.2 Å². The average molecular weight is 456 g/mol. The number of aryl methyl sites for hydroxylation is 4. The number of halogens is 3. The van der Waals surface area contributed by atoms with E-state index in [0.29, 0.717) is 24.7 Å². The summed E-state index contributed by atoms with van der Waals surface area (Å²) in [7, 11) is 3.26. The van der Waals surface area contributed by atoms with Crippen LogP contribution in [0.2, 0.25) is 0 Å². The molecule has 0 bridgehead atoms. The lowest BCUT2D eigenvalue weighted by molar-refractivity contribution is -0.137. The highest BCUT2D eigenvalue weighted by atomic mass is 19.4. The number of aromatic nitrogens is 4. The van der Waals surface area contributed by atoms with Gasteiger partial charge in [0.25, 0.3) is 5.95 Å². The van der Waals surface area contributed by atoms with Gasteiger partial charge in [0, 0.05) is 18.8 Å². The van der Waals surface area contributed by atoms with Gasteiger partial charge in [-0.15, -0.1) is 5.10 Å². The molecule has 2 heterocycles. The van der Waals surface area contributed by atoms with Crippen molar-refractivity contribution in [3.05, 3.63) is 57.6 Å². The second kappa shape index (κ2) is 8.72. The summed E-state index contributed by atoms with van der Waals surface area (Å²) in [4.78, 5) is 3.47. The van der Waals surface area contributed by atoms with Crippen LogP contribution in [0.15, 0.2) is 24.3 Å². The van der Waals surface area contributed by atoms with Gasteiger partial charge in [0.1, 0.15) is 7.85 Å². The molecule has 0 saturated carbocycles. The predicted octanol–water partition coefficient (Wildman–Crippen LogP) is 3.37. The first-order chi connectivity index (χ1) is 15.5. The Morgan fingerprint density at radius 2 is 1.85 bits per heavy atom. The fraction of sp³-hybridized carbons (Fsp3) is 0.435. The maximum absolute atomic E-state index is 13.8. The maximum atomic E-state index is 13.8. The second-order valence-electron chi connectivity index (χ2n) is 8.94. The molecule has 2 aromatic carbocycles. The summed E-state index contributed by atoms with van der Waals surface area (Å²) in [6.07, 6.45) is -2.84. The number of rotatable bonds is 4. The monoisotopic (exact) mass is 456 g/mol. The molecule has 0 unspecified atom stereocenters. The lowest BCUT2D eigenvalue weighted by atomic mass is 9.81. The predicted molar refractivity (Wildman–Crippen MR) is 126 cm³/mol. The minimum absolute atomic E-state index is 0.195. The van der Waals surface area contributed by atoms with Crippen LogP contribution in [0.3, 0.4) is 0 Å². The third-order valence-electron chi connectivity index (χ3n) is 6.17. The number of tetrazole rings is 1. The molecular formula is C23H28BF3N6. The van der Waals surface area contributed by atoms with Crippen molar-refractivity contribution in [3.8, 4) is 0 Å². The van der Waals surface area contributed by atoms with Gasteiger partial charge in [-0.2, -0.15) is 18.0 Å². The van der Waals surface area contributed by atoms with Gasteiger partial charge < -0.3 is 10.2 Å². The smallest absolute Gasteiger partial charge is 0.385 e. The van der Waals surface area contributed by atoms with Crippen molar-refractivity contribution in [2.45, 2.75) is 52.4 Å². The third-order valence-corrected chi connectivity index (χ3v) is 6.17. The Hall–Kier alpha value is -3.04. The summed E-state index contributed by atoms with van der Waals surface area (Å²) in [6.45, 7) is 6.77. The van der Waals surface area contributed by atoms with E-state index in [0.717, 1.165) is 35.1 Å². The van der Waals surface area contributed by atoms with Gasteiger partial charge in [0.05, 0.1) is 18.7 Å². The zero-order chi connectivity index (χ0) is 23.9. The Bertz CT molecular complexity index is 1150. The zero-order valence-corrected chi connectivity index (χ0v) is 19.6. The topological polar surface area (TPSA) is 58.9 Å². The van der Waals surface area contributed by atoms with Crippen molar-refractivity contribution in [1.82, 2.24) is 20.2 Å². The van der Waals surface area contributed by atoms with Gasteiger partial charge in [-0.05, 0) is 55.5 Å². The van der Waals surface area contributed by atoms with Gasteiger partial charge in [-0.3, -0.25) is 0 Å². The van der Waals surface area contributed by atoms with E-state index in [4.69, 9.17) is 0 Å². The fourth-order valence-electron chi connectivity index (χ4n) is 5.00. The molecule has 1 N–H and O–H groups in total. The van der Waals surface area contributed by atoms with Crippen LogP contribution in [0.4, 0.5) is 24.8 Å². The maximum Gasteiger partial charge on any atom is 0.416 e. The number of hydrogen-bond donors (Lipinski definition) is 1. The molecule has 1 aromatic heterocycles. The number of fused-ring (bicyclic) bond motifs is 1. The Morgan fingerprint density at radius 3 is 2.45 bits per heavy atom.